The number of amides is 1. The van der Waals surface area contributed by atoms with E-state index in [4.69, 9.17) is 4.74 Å². The Bertz CT molecular complexity index is 499. The number of hydrogen-bond donors (Lipinski definition) is 1. The molecule has 1 aromatic rings. The molecular formula is C13H16N2O3. The molecule has 0 saturated heterocycles. The zero-order valence-corrected chi connectivity index (χ0v) is 10.7. The second kappa shape index (κ2) is 4.68. The van der Waals surface area contributed by atoms with Gasteiger partial charge in [-0.25, -0.2) is 4.79 Å². The van der Waals surface area contributed by atoms with Gasteiger partial charge in [-0.1, -0.05) is 0 Å². The van der Waals surface area contributed by atoms with Crippen LogP contribution in [0.2, 0.25) is 0 Å². The van der Waals surface area contributed by atoms with Crippen molar-refractivity contribution in [2.24, 2.45) is 0 Å². The van der Waals surface area contributed by atoms with E-state index in [1.165, 1.54) is 7.11 Å². The fourth-order valence-electron chi connectivity index (χ4n) is 2.15. The van der Waals surface area contributed by atoms with Gasteiger partial charge in [-0.3, -0.25) is 4.79 Å². The summed E-state index contributed by atoms with van der Waals surface area (Å²) in [6.45, 7) is 4.52. The van der Waals surface area contributed by atoms with Crippen molar-refractivity contribution in [3.05, 3.63) is 23.8 Å². The number of carbonyl (C=O) groups is 2. The van der Waals surface area contributed by atoms with Gasteiger partial charge < -0.3 is 15.0 Å². The molecule has 1 aromatic carbocycles. The van der Waals surface area contributed by atoms with E-state index in [-0.39, 0.29) is 17.9 Å². The molecule has 0 saturated carbocycles. The van der Waals surface area contributed by atoms with Crippen molar-refractivity contribution >= 4 is 23.3 Å². The van der Waals surface area contributed by atoms with Gasteiger partial charge in [-0.2, -0.15) is 0 Å². The summed E-state index contributed by atoms with van der Waals surface area (Å²) in [5, 5.41) is 2.83. The Labute approximate surface area is 106 Å². The van der Waals surface area contributed by atoms with Gasteiger partial charge in [0.25, 0.3) is 0 Å². The van der Waals surface area contributed by atoms with Crippen LogP contribution in [0, 0.1) is 0 Å². The van der Waals surface area contributed by atoms with Gasteiger partial charge in [0.15, 0.2) is 0 Å². The summed E-state index contributed by atoms with van der Waals surface area (Å²) < 4.78 is 4.70. The number of hydrogen-bond acceptors (Lipinski definition) is 4. The minimum absolute atomic E-state index is 0.0323. The van der Waals surface area contributed by atoms with Crippen LogP contribution in [0.25, 0.3) is 0 Å². The smallest absolute Gasteiger partial charge is 0.337 e. The van der Waals surface area contributed by atoms with Crippen molar-refractivity contribution in [2.75, 3.05) is 23.9 Å². The number of rotatable bonds is 2. The van der Waals surface area contributed by atoms with Crippen molar-refractivity contribution < 1.29 is 14.3 Å². The standard InChI is InChI=1S/C13H16N2O3/c1-4-15-8(2)12(16)14-10-6-5-9(7-11(10)15)13(17)18-3/h5-8H,4H2,1-3H3,(H,14,16). The quantitative estimate of drug-likeness (QED) is 0.808. The van der Waals surface area contributed by atoms with E-state index in [2.05, 4.69) is 5.32 Å². The molecule has 2 rings (SSSR count). The third kappa shape index (κ3) is 1.92. The Morgan fingerprint density at radius 3 is 2.83 bits per heavy atom. The van der Waals surface area contributed by atoms with Gasteiger partial charge >= 0.3 is 5.97 Å². The van der Waals surface area contributed by atoms with Crippen molar-refractivity contribution in [2.45, 2.75) is 19.9 Å². The first-order valence-corrected chi connectivity index (χ1v) is 5.88. The summed E-state index contributed by atoms with van der Waals surface area (Å²) in [5.74, 6) is -0.409. The van der Waals surface area contributed by atoms with Gasteiger partial charge in [-0.15, -0.1) is 0 Å². The van der Waals surface area contributed by atoms with Gasteiger partial charge in [0.1, 0.15) is 6.04 Å². The molecule has 1 atom stereocenters. The van der Waals surface area contributed by atoms with Crippen LogP contribution in [0.3, 0.4) is 0 Å². The monoisotopic (exact) mass is 248 g/mol. The maximum absolute atomic E-state index is 11.8. The lowest BCUT2D eigenvalue weighted by molar-refractivity contribution is -0.117. The third-order valence-electron chi connectivity index (χ3n) is 3.17. The average Bonchev–Trinajstić information content (AvgIpc) is 2.39. The highest BCUT2D eigenvalue weighted by molar-refractivity contribution is 6.04. The molecule has 5 nitrogen and oxygen atoms in total. The predicted molar refractivity (Wildman–Crippen MR) is 68.9 cm³/mol. The molecule has 5 heteroatoms. The van der Waals surface area contributed by atoms with E-state index in [1.54, 1.807) is 18.2 Å². The van der Waals surface area contributed by atoms with E-state index in [9.17, 15) is 9.59 Å². The van der Waals surface area contributed by atoms with Gasteiger partial charge in [-0.05, 0) is 32.0 Å². The lowest BCUT2D eigenvalue weighted by Crippen LogP contribution is -2.46. The minimum Gasteiger partial charge on any atom is -0.465 e. The number of carbonyl (C=O) groups excluding carboxylic acids is 2. The van der Waals surface area contributed by atoms with Crippen LogP contribution < -0.4 is 10.2 Å². The number of anilines is 2. The molecule has 1 N–H and O–H groups in total. The summed E-state index contributed by atoms with van der Waals surface area (Å²) in [6.07, 6.45) is 0. The zero-order chi connectivity index (χ0) is 13.3. The van der Waals surface area contributed by atoms with Gasteiger partial charge in [0, 0.05) is 6.54 Å². The lowest BCUT2D eigenvalue weighted by atomic mass is 10.1. The molecule has 0 aliphatic carbocycles. The Kier molecular flexibility index (Phi) is 3.23. The van der Waals surface area contributed by atoms with Crippen LogP contribution in [-0.4, -0.2) is 31.6 Å². The average molecular weight is 248 g/mol. The normalized spacial score (nSPS) is 18.1. The molecule has 96 valence electrons. The number of benzene rings is 1. The third-order valence-corrected chi connectivity index (χ3v) is 3.17. The number of likely N-dealkylation sites (N-methyl/N-ethyl adjacent to an activating group) is 1. The Morgan fingerprint density at radius 1 is 1.50 bits per heavy atom. The Hall–Kier alpha value is -2.04. The first-order chi connectivity index (χ1) is 8.58. The largest absolute Gasteiger partial charge is 0.465 e. The highest BCUT2D eigenvalue weighted by Crippen LogP contribution is 2.32. The van der Waals surface area contributed by atoms with Crippen molar-refractivity contribution in [3.8, 4) is 0 Å². The number of ether oxygens (including phenoxy) is 1. The predicted octanol–water partition coefficient (Wildman–Crippen LogP) is 1.64. The molecule has 1 amide bonds. The molecular weight excluding hydrogens is 232 g/mol. The number of methoxy groups -OCH3 is 1. The zero-order valence-electron chi connectivity index (χ0n) is 10.7. The van der Waals surface area contributed by atoms with Gasteiger partial charge in [0.05, 0.1) is 24.0 Å². The van der Waals surface area contributed by atoms with E-state index >= 15 is 0 Å². The van der Waals surface area contributed by atoms with Crippen LogP contribution in [-0.2, 0) is 9.53 Å². The molecule has 1 unspecified atom stereocenters. The number of esters is 1. The van der Waals surface area contributed by atoms with Crippen LogP contribution in [0.5, 0.6) is 0 Å². The molecule has 0 bridgehead atoms. The Balaban J connectivity index is 2.47. The summed E-state index contributed by atoms with van der Waals surface area (Å²) >= 11 is 0. The molecule has 18 heavy (non-hydrogen) atoms. The van der Waals surface area contributed by atoms with Crippen LogP contribution in [0.4, 0.5) is 11.4 Å². The summed E-state index contributed by atoms with van der Waals surface area (Å²) in [5.41, 5.74) is 2.07. The highest BCUT2D eigenvalue weighted by Gasteiger charge is 2.28. The van der Waals surface area contributed by atoms with E-state index < -0.39 is 0 Å². The molecule has 0 fully saturated rings. The SMILES string of the molecule is CCN1c2cc(C(=O)OC)ccc2NC(=O)C1C. The summed E-state index contributed by atoms with van der Waals surface area (Å²) in [7, 11) is 1.35. The van der Waals surface area contributed by atoms with E-state index in [1.807, 2.05) is 18.7 Å². The molecule has 0 spiro atoms. The van der Waals surface area contributed by atoms with Crippen LogP contribution in [0.15, 0.2) is 18.2 Å². The fraction of sp³-hybridized carbons (Fsp3) is 0.385. The van der Waals surface area contributed by atoms with E-state index in [0.717, 1.165) is 11.4 Å². The second-order valence-corrected chi connectivity index (χ2v) is 4.17. The molecule has 0 radical (unpaired) electrons. The molecule has 1 aliphatic heterocycles. The van der Waals surface area contributed by atoms with E-state index in [0.29, 0.717) is 12.1 Å². The topological polar surface area (TPSA) is 58.6 Å². The maximum Gasteiger partial charge on any atom is 0.337 e. The summed E-state index contributed by atoms with van der Waals surface area (Å²) in [4.78, 5) is 25.2. The number of fused-ring (bicyclic) bond motifs is 1. The summed E-state index contributed by atoms with van der Waals surface area (Å²) in [6, 6.07) is 4.89. The number of nitrogens with one attached hydrogen (secondary N) is 1. The highest BCUT2D eigenvalue weighted by atomic mass is 16.5. The maximum atomic E-state index is 11.8. The lowest BCUT2D eigenvalue weighted by Gasteiger charge is -2.35. The fourth-order valence-corrected chi connectivity index (χ4v) is 2.15. The minimum atomic E-state index is -0.376. The molecule has 1 heterocycles. The van der Waals surface area contributed by atoms with Crippen molar-refractivity contribution in [3.63, 3.8) is 0 Å². The molecule has 1 aliphatic rings. The first kappa shape index (κ1) is 12.4. The van der Waals surface area contributed by atoms with Crippen molar-refractivity contribution in [1.29, 1.82) is 0 Å². The number of nitrogens with zero attached hydrogens (tertiary/aromatic N) is 1. The Morgan fingerprint density at radius 2 is 2.22 bits per heavy atom. The van der Waals surface area contributed by atoms with Gasteiger partial charge in [0.2, 0.25) is 5.91 Å². The van der Waals surface area contributed by atoms with Crippen molar-refractivity contribution in [1.82, 2.24) is 0 Å². The van der Waals surface area contributed by atoms with Crippen LogP contribution in [0.1, 0.15) is 24.2 Å². The first-order valence-electron chi connectivity index (χ1n) is 5.88. The molecule has 0 aromatic heterocycles. The van der Waals surface area contributed by atoms with Crippen LogP contribution >= 0.6 is 0 Å². The second-order valence-electron chi connectivity index (χ2n) is 4.17.